The molecule has 0 aromatic heterocycles. The number of rotatable bonds is 4. The number of nitrogens with zero attached hydrogens (tertiary/aromatic N) is 1. The van der Waals surface area contributed by atoms with Gasteiger partial charge in [-0.25, -0.2) is 0 Å². The summed E-state index contributed by atoms with van der Waals surface area (Å²) in [5.41, 5.74) is 4.52. The smallest absolute Gasteiger partial charge is 0.232 e. The maximum atomic E-state index is 13.1. The Kier molecular flexibility index (Phi) is 4.96. The van der Waals surface area contributed by atoms with Crippen molar-refractivity contribution in [1.82, 2.24) is 4.90 Å². The summed E-state index contributed by atoms with van der Waals surface area (Å²) in [7, 11) is 1.63. The molecule has 0 aliphatic carbocycles. The predicted octanol–water partition coefficient (Wildman–Crippen LogP) is 4.97. The van der Waals surface area contributed by atoms with Crippen LogP contribution in [0, 0.1) is 6.92 Å². The van der Waals surface area contributed by atoms with E-state index < -0.39 is 0 Å². The fraction of sp³-hybridized carbons (Fsp3) is 0.192. The molecule has 31 heavy (non-hydrogen) atoms. The quantitative estimate of drug-likeness (QED) is 0.565. The van der Waals surface area contributed by atoms with Gasteiger partial charge in [0.15, 0.2) is 5.76 Å². The van der Waals surface area contributed by atoms with Gasteiger partial charge in [-0.15, -0.1) is 0 Å². The zero-order valence-corrected chi connectivity index (χ0v) is 17.6. The lowest BCUT2D eigenvalue weighted by molar-refractivity contribution is 0.0872. The van der Waals surface area contributed by atoms with Crippen molar-refractivity contribution in [1.29, 1.82) is 0 Å². The number of ether oxygens (including phenoxy) is 3. The van der Waals surface area contributed by atoms with Gasteiger partial charge in [-0.2, -0.15) is 0 Å². The molecule has 0 atom stereocenters. The van der Waals surface area contributed by atoms with E-state index in [0.29, 0.717) is 30.3 Å². The largest absolute Gasteiger partial charge is 0.497 e. The van der Waals surface area contributed by atoms with Crippen LogP contribution in [0.5, 0.6) is 17.2 Å². The summed E-state index contributed by atoms with van der Waals surface area (Å²) in [5.74, 6) is 2.42. The second-order valence-corrected chi connectivity index (χ2v) is 7.83. The third-order valence-corrected chi connectivity index (χ3v) is 5.65. The van der Waals surface area contributed by atoms with Crippen molar-refractivity contribution in [2.75, 3.05) is 13.8 Å². The van der Waals surface area contributed by atoms with Crippen LogP contribution in [0.2, 0.25) is 0 Å². The van der Waals surface area contributed by atoms with Gasteiger partial charge in [-0.3, -0.25) is 9.69 Å². The lowest BCUT2D eigenvalue weighted by Gasteiger charge is -2.30. The molecule has 3 aromatic carbocycles. The Labute approximate surface area is 181 Å². The topological polar surface area (TPSA) is 48.0 Å². The van der Waals surface area contributed by atoms with E-state index in [1.54, 1.807) is 13.2 Å². The number of ketones is 1. The Hall–Kier alpha value is -3.57. The molecule has 0 fully saturated rings. The molecule has 0 unspecified atom stereocenters. The Morgan fingerprint density at radius 1 is 1.10 bits per heavy atom. The van der Waals surface area contributed by atoms with Crippen LogP contribution in [-0.2, 0) is 13.1 Å². The third-order valence-electron chi connectivity index (χ3n) is 5.65. The lowest BCUT2D eigenvalue weighted by Crippen LogP contribution is -2.31. The highest BCUT2D eigenvalue weighted by atomic mass is 16.5. The molecule has 5 rings (SSSR count). The molecular formula is C26H23NO4. The summed E-state index contributed by atoms with van der Waals surface area (Å²) in [5, 5.41) is 0. The van der Waals surface area contributed by atoms with Gasteiger partial charge in [0.05, 0.1) is 18.2 Å². The van der Waals surface area contributed by atoms with E-state index in [1.165, 1.54) is 5.56 Å². The summed E-state index contributed by atoms with van der Waals surface area (Å²) in [4.78, 5) is 15.3. The zero-order chi connectivity index (χ0) is 21.4. The fourth-order valence-corrected chi connectivity index (χ4v) is 4.07. The summed E-state index contributed by atoms with van der Waals surface area (Å²) < 4.78 is 17.4. The number of Topliss-reactive ketones (excluding diaryl/α,β-unsaturated/α-hetero) is 1. The maximum Gasteiger partial charge on any atom is 0.232 e. The summed E-state index contributed by atoms with van der Waals surface area (Å²) >= 11 is 0. The molecule has 0 saturated heterocycles. The number of benzene rings is 3. The molecule has 2 aliphatic rings. The SMILES string of the molecule is COc1ccc(/C=C2\Oc3c4c(cc(C)c3C2=O)OCN(Cc2ccccc2)C4)cc1. The van der Waals surface area contributed by atoms with Crippen LogP contribution in [0.15, 0.2) is 66.4 Å². The third kappa shape index (κ3) is 3.68. The van der Waals surface area contributed by atoms with Gasteiger partial charge < -0.3 is 14.2 Å². The van der Waals surface area contributed by atoms with Crippen molar-refractivity contribution in [2.24, 2.45) is 0 Å². The summed E-state index contributed by atoms with van der Waals surface area (Å²) in [6.45, 7) is 3.86. The van der Waals surface area contributed by atoms with Crippen LogP contribution < -0.4 is 14.2 Å². The van der Waals surface area contributed by atoms with Gasteiger partial charge in [0.2, 0.25) is 5.78 Å². The Morgan fingerprint density at radius 2 is 1.87 bits per heavy atom. The molecule has 0 saturated carbocycles. The van der Waals surface area contributed by atoms with E-state index in [2.05, 4.69) is 17.0 Å². The highest BCUT2D eigenvalue weighted by Gasteiger charge is 2.35. The first-order valence-electron chi connectivity index (χ1n) is 10.3. The van der Waals surface area contributed by atoms with E-state index in [4.69, 9.17) is 14.2 Å². The highest BCUT2D eigenvalue weighted by molar-refractivity contribution is 6.15. The van der Waals surface area contributed by atoms with Crippen molar-refractivity contribution in [2.45, 2.75) is 20.0 Å². The number of hydrogen-bond donors (Lipinski definition) is 0. The second-order valence-electron chi connectivity index (χ2n) is 7.83. The number of fused-ring (bicyclic) bond motifs is 3. The number of methoxy groups -OCH3 is 1. The molecule has 2 heterocycles. The average Bonchev–Trinajstić information content (AvgIpc) is 3.12. The average molecular weight is 413 g/mol. The minimum Gasteiger partial charge on any atom is -0.497 e. The van der Waals surface area contributed by atoms with Crippen LogP contribution in [0.25, 0.3) is 6.08 Å². The van der Waals surface area contributed by atoms with E-state index in [1.807, 2.05) is 55.5 Å². The van der Waals surface area contributed by atoms with Gasteiger partial charge in [0, 0.05) is 13.1 Å². The van der Waals surface area contributed by atoms with Gasteiger partial charge in [0.1, 0.15) is 24.0 Å². The number of aryl methyl sites for hydroxylation is 1. The monoisotopic (exact) mass is 413 g/mol. The standard InChI is InChI=1S/C26H23NO4/c1-17-12-22-21(15-27(16-30-22)14-19-6-4-3-5-7-19)26-24(17)25(28)23(31-26)13-18-8-10-20(29-2)11-9-18/h3-13H,14-16H2,1-2H3/b23-13-. The van der Waals surface area contributed by atoms with Gasteiger partial charge >= 0.3 is 0 Å². The molecule has 0 spiro atoms. The zero-order valence-electron chi connectivity index (χ0n) is 17.6. The van der Waals surface area contributed by atoms with E-state index >= 15 is 0 Å². The Balaban J connectivity index is 1.45. The van der Waals surface area contributed by atoms with Crippen LogP contribution in [0.1, 0.15) is 32.6 Å². The van der Waals surface area contributed by atoms with Crippen molar-refractivity contribution in [3.63, 3.8) is 0 Å². The summed E-state index contributed by atoms with van der Waals surface area (Å²) in [6, 6.07) is 19.8. The number of allylic oxidation sites excluding steroid dienone is 1. The number of hydrogen-bond acceptors (Lipinski definition) is 5. The molecule has 156 valence electrons. The van der Waals surface area contributed by atoms with E-state index in [-0.39, 0.29) is 5.78 Å². The molecule has 3 aromatic rings. The van der Waals surface area contributed by atoms with Gasteiger partial charge in [0.25, 0.3) is 0 Å². The normalized spacial score (nSPS) is 16.5. The van der Waals surface area contributed by atoms with E-state index in [0.717, 1.165) is 34.7 Å². The maximum absolute atomic E-state index is 13.1. The second kappa shape index (κ2) is 7.93. The molecule has 5 heteroatoms. The van der Waals surface area contributed by atoms with Gasteiger partial charge in [-0.1, -0.05) is 42.5 Å². The van der Waals surface area contributed by atoms with Crippen LogP contribution in [-0.4, -0.2) is 24.5 Å². The molecule has 0 bridgehead atoms. The summed E-state index contributed by atoms with van der Waals surface area (Å²) in [6.07, 6.45) is 1.78. The first kappa shape index (κ1) is 19.4. The molecular weight excluding hydrogens is 390 g/mol. The van der Waals surface area contributed by atoms with Gasteiger partial charge in [-0.05, 0) is 47.9 Å². The van der Waals surface area contributed by atoms with Crippen molar-refractivity contribution >= 4 is 11.9 Å². The Bertz CT molecular complexity index is 1170. The van der Waals surface area contributed by atoms with Crippen molar-refractivity contribution in [3.05, 3.63) is 94.2 Å². The first-order chi connectivity index (χ1) is 15.1. The molecule has 5 nitrogen and oxygen atoms in total. The highest BCUT2D eigenvalue weighted by Crippen LogP contribution is 2.44. The minimum atomic E-state index is -0.0914. The first-order valence-corrected chi connectivity index (χ1v) is 10.3. The molecule has 0 amide bonds. The molecule has 2 aliphatic heterocycles. The fourth-order valence-electron chi connectivity index (χ4n) is 4.07. The number of carbonyl (C=O) groups is 1. The van der Waals surface area contributed by atoms with Crippen molar-refractivity contribution in [3.8, 4) is 17.2 Å². The predicted molar refractivity (Wildman–Crippen MR) is 118 cm³/mol. The van der Waals surface area contributed by atoms with Crippen molar-refractivity contribution < 1.29 is 19.0 Å². The van der Waals surface area contributed by atoms with Crippen LogP contribution in [0.4, 0.5) is 0 Å². The minimum absolute atomic E-state index is 0.0914. The van der Waals surface area contributed by atoms with Crippen LogP contribution >= 0.6 is 0 Å². The van der Waals surface area contributed by atoms with E-state index in [9.17, 15) is 4.79 Å². The number of carbonyl (C=O) groups excluding carboxylic acids is 1. The molecule has 0 N–H and O–H groups in total. The Morgan fingerprint density at radius 3 is 2.61 bits per heavy atom. The van der Waals surface area contributed by atoms with Crippen LogP contribution in [0.3, 0.4) is 0 Å². The molecule has 0 radical (unpaired) electrons. The lowest BCUT2D eigenvalue weighted by atomic mass is 9.98.